The Labute approximate surface area is 133 Å². The summed E-state index contributed by atoms with van der Waals surface area (Å²) in [6.07, 6.45) is 3.18. The molecule has 2 aromatic rings. The van der Waals surface area contributed by atoms with Gasteiger partial charge in [0.25, 0.3) is 5.56 Å². The van der Waals surface area contributed by atoms with Gasteiger partial charge in [0.1, 0.15) is 11.6 Å². The molecular weight excluding hydrogens is 292 g/mol. The van der Waals surface area contributed by atoms with Crippen LogP contribution in [0.15, 0.2) is 40.1 Å². The number of nitrogens with one attached hydrogen (secondary N) is 1. The molecular formula is C17H18N4O2. The Morgan fingerprint density at radius 1 is 1.17 bits per heavy atom. The molecule has 1 N–H and O–H groups in total. The monoisotopic (exact) mass is 310 g/mol. The Kier molecular flexibility index (Phi) is 4.40. The number of aryl methyl sites for hydroxylation is 1. The van der Waals surface area contributed by atoms with E-state index in [-0.39, 0.29) is 5.56 Å². The minimum absolute atomic E-state index is 0.0310. The van der Waals surface area contributed by atoms with Crippen LogP contribution in [0.1, 0.15) is 23.1 Å². The van der Waals surface area contributed by atoms with Gasteiger partial charge in [0.05, 0.1) is 0 Å². The molecule has 6 heteroatoms. The third-order valence-corrected chi connectivity index (χ3v) is 4.21. The van der Waals surface area contributed by atoms with Crippen LogP contribution in [0.4, 0.5) is 0 Å². The zero-order valence-electron chi connectivity index (χ0n) is 12.8. The zero-order valence-corrected chi connectivity index (χ0v) is 12.8. The first-order valence-corrected chi connectivity index (χ1v) is 7.70. The van der Waals surface area contributed by atoms with Crippen LogP contribution in [0.25, 0.3) is 0 Å². The van der Waals surface area contributed by atoms with Gasteiger partial charge in [-0.05, 0) is 24.0 Å². The minimum Gasteiger partial charge on any atom is -0.299 e. The van der Waals surface area contributed by atoms with Gasteiger partial charge in [0, 0.05) is 32.4 Å². The maximum absolute atomic E-state index is 11.7. The summed E-state index contributed by atoms with van der Waals surface area (Å²) in [5, 5.41) is 8.86. The Morgan fingerprint density at radius 2 is 1.96 bits per heavy atom. The molecule has 1 aliphatic rings. The van der Waals surface area contributed by atoms with Crippen LogP contribution in [0.5, 0.6) is 0 Å². The Bertz CT molecular complexity index is 860. The van der Waals surface area contributed by atoms with Gasteiger partial charge in [-0.25, -0.2) is 4.79 Å². The van der Waals surface area contributed by atoms with Crippen molar-refractivity contribution in [2.45, 2.75) is 25.9 Å². The molecule has 1 aromatic carbocycles. The maximum atomic E-state index is 11.7. The predicted molar refractivity (Wildman–Crippen MR) is 86.1 cm³/mol. The molecule has 3 rings (SSSR count). The third kappa shape index (κ3) is 3.41. The number of hydrogen-bond donors (Lipinski definition) is 1. The second-order valence-corrected chi connectivity index (χ2v) is 5.76. The van der Waals surface area contributed by atoms with Crippen molar-refractivity contribution in [2.75, 3.05) is 13.1 Å². The second kappa shape index (κ2) is 6.63. The van der Waals surface area contributed by atoms with Crippen LogP contribution in [-0.2, 0) is 19.5 Å². The van der Waals surface area contributed by atoms with Gasteiger partial charge in [-0.2, -0.15) is 5.26 Å². The molecule has 118 valence electrons. The number of nitrogens with zero attached hydrogens (tertiary/aromatic N) is 3. The van der Waals surface area contributed by atoms with Gasteiger partial charge < -0.3 is 0 Å². The van der Waals surface area contributed by atoms with Crippen LogP contribution in [-0.4, -0.2) is 27.5 Å². The van der Waals surface area contributed by atoms with E-state index in [0.717, 1.165) is 32.5 Å². The van der Waals surface area contributed by atoms with E-state index in [0.29, 0.717) is 6.54 Å². The number of hydrogen-bond acceptors (Lipinski definition) is 4. The zero-order chi connectivity index (χ0) is 16.2. The molecule has 0 aliphatic carbocycles. The van der Waals surface area contributed by atoms with Gasteiger partial charge in [0.15, 0.2) is 0 Å². The number of H-pyrrole nitrogens is 1. The van der Waals surface area contributed by atoms with Crippen molar-refractivity contribution < 1.29 is 0 Å². The fourth-order valence-corrected chi connectivity index (χ4v) is 2.96. The molecule has 0 bridgehead atoms. The van der Waals surface area contributed by atoms with Crippen molar-refractivity contribution in [1.82, 2.24) is 14.5 Å². The lowest BCUT2D eigenvalue weighted by molar-refractivity contribution is 0.246. The van der Waals surface area contributed by atoms with Crippen molar-refractivity contribution in [3.05, 3.63) is 68.0 Å². The summed E-state index contributed by atoms with van der Waals surface area (Å²) in [7, 11) is 0. The highest BCUT2D eigenvalue weighted by Crippen LogP contribution is 2.18. The van der Waals surface area contributed by atoms with E-state index in [9.17, 15) is 9.59 Å². The van der Waals surface area contributed by atoms with Crippen LogP contribution < -0.4 is 11.2 Å². The largest absolute Gasteiger partial charge is 0.328 e. The van der Waals surface area contributed by atoms with Crippen LogP contribution in [0.3, 0.4) is 0 Å². The van der Waals surface area contributed by atoms with E-state index in [4.69, 9.17) is 5.26 Å². The fourth-order valence-electron chi connectivity index (χ4n) is 2.96. The van der Waals surface area contributed by atoms with Gasteiger partial charge in [0.2, 0.25) is 0 Å². The Hall–Kier alpha value is -2.65. The van der Waals surface area contributed by atoms with Crippen molar-refractivity contribution in [2.24, 2.45) is 0 Å². The standard InChI is InChI=1S/C17H18N4O2/c18-10-15-12-21(17(23)19-16(15)22)8-3-7-20-9-6-13-4-1-2-5-14(13)11-20/h1-2,4-5,12H,3,6-9,11H2,(H,19,22,23). The molecule has 1 aromatic heterocycles. The molecule has 0 unspecified atom stereocenters. The lowest BCUT2D eigenvalue weighted by Gasteiger charge is -2.28. The highest BCUT2D eigenvalue weighted by atomic mass is 16.2. The topological polar surface area (TPSA) is 81.9 Å². The second-order valence-electron chi connectivity index (χ2n) is 5.76. The molecule has 0 fully saturated rings. The SMILES string of the molecule is N#Cc1cn(CCCN2CCc3ccccc3C2)c(=O)[nH]c1=O. The summed E-state index contributed by atoms with van der Waals surface area (Å²) in [5.74, 6) is 0. The summed E-state index contributed by atoms with van der Waals surface area (Å²) >= 11 is 0. The molecule has 2 heterocycles. The molecule has 0 amide bonds. The normalized spacial score (nSPS) is 14.2. The van der Waals surface area contributed by atoms with Crippen molar-refractivity contribution >= 4 is 0 Å². The molecule has 23 heavy (non-hydrogen) atoms. The predicted octanol–water partition coefficient (Wildman–Crippen LogP) is 0.857. The van der Waals surface area contributed by atoms with E-state index in [1.165, 1.54) is 21.9 Å². The Balaban J connectivity index is 1.60. The number of nitriles is 1. The van der Waals surface area contributed by atoms with E-state index >= 15 is 0 Å². The van der Waals surface area contributed by atoms with Crippen molar-refractivity contribution in [1.29, 1.82) is 5.26 Å². The average Bonchev–Trinajstić information content (AvgIpc) is 2.56. The minimum atomic E-state index is -0.624. The Morgan fingerprint density at radius 3 is 2.74 bits per heavy atom. The highest BCUT2D eigenvalue weighted by Gasteiger charge is 2.15. The summed E-state index contributed by atoms with van der Waals surface area (Å²) < 4.78 is 1.40. The molecule has 1 aliphatic heterocycles. The highest BCUT2D eigenvalue weighted by molar-refractivity contribution is 5.29. The molecule has 0 saturated carbocycles. The van der Waals surface area contributed by atoms with E-state index < -0.39 is 11.2 Å². The first kappa shape index (κ1) is 15.3. The van der Waals surface area contributed by atoms with Crippen LogP contribution in [0, 0.1) is 11.3 Å². The van der Waals surface area contributed by atoms with E-state index in [1.807, 2.05) is 0 Å². The van der Waals surface area contributed by atoms with E-state index in [1.54, 1.807) is 6.07 Å². The molecule has 0 radical (unpaired) electrons. The smallest absolute Gasteiger partial charge is 0.299 e. The number of aromatic amines is 1. The molecule has 0 atom stereocenters. The lowest BCUT2D eigenvalue weighted by atomic mass is 10.00. The van der Waals surface area contributed by atoms with Crippen LogP contribution >= 0.6 is 0 Å². The number of rotatable bonds is 4. The summed E-state index contributed by atoms with van der Waals surface area (Å²) in [4.78, 5) is 27.6. The number of benzene rings is 1. The van der Waals surface area contributed by atoms with Crippen molar-refractivity contribution in [3.63, 3.8) is 0 Å². The average molecular weight is 310 g/mol. The lowest BCUT2D eigenvalue weighted by Crippen LogP contribution is -2.34. The number of fused-ring (bicyclic) bond motifs is 1. The van der Waals surface area contributed by atoms with E-state index in [2.05, 4.69) is 34.1 Å². The van der Waals surface area contributed by atoms with Crippen LogP contribution in [0.2, 0.25) is 0 Å². The maximum Gasteiger partial charge on any atom is 0.328 e. The van der Waals surface area contributed by atoms with Crippen molar-refractivity contribution in [3.8, 4) is 6.07 Å². The van der Waals surface area contributed by atoms with Gasteiger partial charge >= 0.3 is 5.69 Å². The fraction of sp³-hybridized carbons (Fsp3) is 0.353. The first-order chi connectivity index (χ1) is 11.2. The summed E-state index contributed by atoms with van der Waals surface area (Å²) in [6.45, 7) is 3.31. The quantitative estimate of drug-likeness (QED) is 0.908. The van der Waals surface area contributed by atoms with Gasteiger partial charge in [-0.15, -0.1) is 0 Å². The molecule has 0 saturated heterocycles. The number of aromatic nitrogens is 2. The molecule has 0 spiro atoms. The summed E-state index contributed by atoms with van der Waals surface area (Å²) in [6, 6.07) is 10.3. The third-order valence-electron chi connectivity index (χ3n) is 4.21. The van der Waals surface area contributed by atoms with Gasteiger partial charge in [-0.1, -0.05) is 24.3 Å². The summed E-state index contributed by atoms with van der Waals surface area (Å²) in [5.41, 5.74) is 1.67. The molecule has 6 nitrogen and oxygen atoms in total. The van der Waals surface area contributed by atoms with Gasteiger partial charge in [-0.3, -0.25) is 19.2 Å². The first-order valence-electron chi connectivity index (χ1n) is 7.70.